The van der Waals surface area contributed by atoms with Crippen LogP contribution < -0.4 is 10.5 Å². The molecule has 3 rings (SSSR count). The first kappa shape index (κ1) is 14.0. The second kappa shape index (κ2) is 5.80. The maximum absolute atomic E-state index is 13.6. The molecule has 0 saturated heterocycles. The van der Waals surface area contributed by atoms with Crippen LogP contribution in [0.4, 0.5) is 10.2 Å². The predicted molar refractivity (Wildman–Crippen MR) is 79.0 cm³/mol. The molecule has 0 aliphatic carbocycles. The summed E-state index contributed by atoms with van der Waals surface area (Å²) in [6.45, 7) is 1.80. The smallest absolute Gasteiger partial charge is 0.166 e. The molecule has 1 unspecified atom stereocenters. The van der Waals surface area contributed by atoms with Crippen molar-refractivity contribution in [3.8, 4) is 11.4 Å². The van der Waals surface area contributed by atoms with E-state index in [1.165, 1.54) is 16.9 Å². The second-order valence-electron chi connectivity index (χ2n) is 4.67. The van der Waals surface area contributed by atoms with Gasteiger partial charge in [0.2, 0.25) is 0 Å². The lowest BCUT2D eigenvalue weighted by Crippen LogP contribution is -2.11. The summed E-state index contributed by atoms with van der Waals surface area (Å²) in [5.74, 6) is 0.365. The third-order valence-corrected chi connectivity index (χ3v) is 3.17. The summed E-state index contributed by atoms with van der Waals surface area (Å²) in [5, 5.41) is 8.15. The number of nitrogens with two attached hydrogens (primary N) is 1. The van der Waals surface area contributed by atoms with Crippen molar-refractivity contribution in [2.24, 2.45) is 0 Å². The first-order chi connectivity index (χ1) is 10.6. The van der Waals surface area contributed by atoms with Crippen LogP contribution in [0.2, 0.25) is 0 Å². The van der Waals surface area contributed by atoms with Crippen molar-refractivity contribution in [3.05, 3.63) is 60.3 Å². The average molecular weight is 299 g/mol. The minimum atomic E-state index is -0.455. The Morgan fingerprint density at radius 1 is 1.18 bits per heavy atom. The SMILES string of the molecule is CC(Oc1cccnc1N)c1cc(F)ccc1-n1nccn1. The maximum atomic E-state index is 13.6. The number of aromatic nitrogens is 4. The molecule has 2 N–H and O–H groups in total. The summed E-state index contributed by atoms with van der Waals surface area (Å²) < 4.78 is 19.4. The number of hydrogen-bond acceptors (Lipinski definition) is 5. The summed E-state index contributed by atoms with van der Waals surface area (Å²) in [6, 6.07) is 7.80. The van der Waals surface area contributed by atoms with Crippen molar-refractivity contribution in [1.82, 2.24) is 20.0 Å². The zero-order valence-electron chi connectivity index (χ0n) is 11.8. The maximum Gasteiger partial charge on any atom is 0.166 e. The van der Waals surface area contributed by atoms with E-state index in [1.807, 2.05) is 0 Å². The van der Waals surface area contributed by atoms with E-state index < -0.39 is 6.10 Å². The standard InChI is InChI=1S/C15H14FN5O/c1-10(22-14-3-2-6-18-15(14)17)12-9-11(16)4-5-13(12)21-19-7-8-20-21/h2-10H,1H3,(H2,17,18). The van der Waals surface area contributed by atoms with E-state index in [4.69, 9.17) is 10.5 Å². The molecular formula is C15H14FN5O. The van der Waals surface area contributed by atoms with Gasteiger partial charge in [-0.2, -0.15) is 15.0 Å². The van der Waals surface area contributed by atoms with Crippen LogP contribution in [0.3, 0.4) is 0 Å². The molecule has 3 aromatic rings. The van der Waals surface area contributed by atoms with Gasteiger partial charge in [-0.15, -0.1) is 0 Å². The van der Waals surface area contributed by atoms with Crippen LogP contribution >= 0.6 is 0 Å². The molecule has 0 fully saturated rings. The van der Waals surface area contributed by atoms with Gasteiger partial charge in [-0.3, -0.25) is 0 Å². The molecule has 0 aliphatic rings. The summed E-state index contributed by atoms with van der Waals surface area (Å²) in [5.41, 5.74) is 7.02. The van der Waals surface area contributed by atoms with Crippen molar-refractivity contribution >= 4 is 5.82 Å². The van der Waals surface area contributed by atoms with Crippen LogP contribution in [0.25, 0.3) is 5.69 Å². The molecule has 2 heterocycles. The summed E-state index contributed by atoms with van der Waals surface area (Å²) in [6.07, 6.45) is 4.23. The minimum Gasteiger partial charge on any atom is -0.482 e. The lowest BCUT2D eigenvalue weighted by Gasteiger charge is -2.18. The Balaban J connectivity index is 1.97. The molecular weight excluding hydrogens is 285 g/mol. The molecule has 0 radical (unpaired) electrons. The lowest BCUT2D eigenvalue weighted by molar-refractivity contribution is 0.226. The molecule has 7 heteroatoms. The molecule has 0 amide bonds. The number of hydrogen-bond donors (Lipinski definition) is 1. The van der Waals surface area contributed by atoms with Gasteiger partial charge in [0.15, 0.2) is 11.6 Å². The topological polar surface area (TPSA) is 78.9 Å². The van der Waals surface area contributed by atoms with E-state index in [2.05, 4.69) is 15.2 Å². The Morgan fingerprint density at radius 3 is 2.68 bits per heavy atom. The van der Waals surface area contributed by atoms with Gasteiger partial charge >= 0.3 is 0 Å². The number of anilines is 1. The Kier molecular flexibility index (Phi) is 3.69. The molecule has 0 aliphatic heterocycles. The van der Waals surface area contributed by atoms with Gasteiger partial charge < -0.3 is 10.5 Å². The first-order valence-corrected chi connectivity index (χ1v) is 6.68. The number of benzene rings is 1. The Hall–Kier alpha value is -2.96. The number of nitrogen functional groups attached to an aromatic ring is 1. The van der Waals surface area contributed by atoms with Crippen LogP contribution in [0.1, 0.15) is 18.6 Å². The Labute approximate surface area is 126 Å². The molecule has 2 aromatic heterocycles. The number of halogens is 1. The molecule has 1 atom stereocenters. The highest BCUT2D eigenvalue weighted by molar-refractivity contribution is 5.46. The van der Waals surface area contributed by atoms with E-state index in [9.17, 15) is 4.39 Å². The number of ether oxygens (including phenoxy) is 1. The van der Waals surface area contributed by atoms with Crippen molar-refractivity contribution in [1.29, 1.82) is 0 Å². The Bertz CT molecular complexity index is 775. The van der Waals surface area contributed by atoms with E-state index in [-0.39, 0.29) is 11.6 Å². The van der Waals surface area contributed by atoms with E-state index in [1.54, 1.807) is 43.7 Å². The molecule has 6 nitrogen and oxygen atoms in total. The zero-order valence-corrected chi connectivity index (χ0v) is 11.8. The fourth-order valence-electron chi connectivity index (χ4n) is 2.13. The molecule has 1 aromatic carbocycles. The van der Waals surface area contributed by atoms with Crippen LogP contribution in [0.5, 0.6) is 5.75 Å². The lowest BCUT2D eigenvalue weighted by atomic mass is 10.1. The monoisotopic (exact) mass is 299 g/mol. The highest BCUT2D eigenvalue weighted by atomic mass is 19.1. The largest absolute Gasteiger partial charge is 0.482 e. The van der Waals surface area contributed by atoms with Gasteiger partial charge in [0.25, 0.3) is 0 Å². The quantitative estimate of drug-likeness (QED) is 0.801. The molecule has 0 spiro atoms. The van der Waals surface area contributed by atoms with Gasteiger partial charge in [-0.05, 0) is 37.3 Å². The average Bonchev–Trinajstić information content (AvgIpc) is 3.03. The summed E-state index contributed by atoms with van der Waals surface area (Å²) in [7, 11) is 0. The van der Waals surface area contributed by atoms with Crippen LogP contribution in [0, 0.1) is 5.82 Å². The predicted octanol–water partition coefficient (Wildman–Crippen LogP) is 2.52. The van der Waals surface area contributed by atoms with E-state index in [0.717, 1.165) is 0 Å². The van der Waals surface area contributed by atoms with E-state index >= 15 is 0 Å². The van der Waals surface area contributed by atoms with Gasteiger partial charge in [0.05, 0.1) is 18.1 Å². The summed E-state index contributed by atoms with van der Waals surface area (Å²) in [4.78, 5) is 5.38. The number of pyridine rings is 1. The number of rotatable bonds is 4. The highest BCUT2D eigenvalue weighted by Crippen LogP contribution is 2.28. The Morgan fingerprint density at radius 2 is 1.95 bits per heavy atom. The number of nitrogens with zero attached hydrogens (tertiary/aromatic N) is 4. The van der Waals surface area contributed by atoms with Gasteiger partial charge in [0, 0.05) is 11.8 Å². The molecule has 112 valence electrons. The van der Waals surface area contributed by atoms with Gasteiger partial charge in [-0.1, -0.05) is 0 Å². The zero-order chi connectivity index (χ0) is 15.5. The first-order valence-electron chi connectivity index (χ1n) is 6.68. The fraction of sp³-hybridized carbons (Fsp3) is 0.133. The fourth-order valence-corrected chi connectivity index (χ4v) is 2.13. The van der Waals surface area contributed by atoms with Crippen molar-refractivity contribution < 1.29 is 9.13 Å². The second-order valence-corrected chi connectivity index (χ2v) is 4.67. The molecule has 0 bridgehead atoms. The minimum absolute atomic E-state index is 0.282. The summed E-state index contributed by atoms with van der Waals surface area (Å²) >= 11 is 0. The van der Waals surface area contributed by atoms with E-state index in [0.29, 0.717) is 17.0 Å². The third kappa shape index (κ3) is 2.73. The molecule has 22 heavy (non-hydrogen) atoms. The normalized spacial score (nSPS) is 12.1. The van der Waals surface area contributed by atoms with Gasteiger partial charge in [0.1, 0.15) is 11.9 Å². The molecule has 0 saturated carbocycles. The van der Waals surface area contributed by atoms with Crippen LogP contribution in [0.15, 0.2) is 48.9 Å². The van der Waals surface area contributed by atoms with Crippen molar-refractivity contribution in [2.45, 2.75) is 13.0 Å². The third-order valence-electron chi connectivity index (χ3n) is 3.17. The van der Waals surface area contributed by atoms with Crippen molar-refractivity contribution in [3.63, 3.8) is 0 Å². The highest BCUT2D eigenvalue weighted by Gasteiger charge is 2.17. The van der Waals surface area contributed by atoms with Gasteiger partial charge in [-0.25, -0.2) is 9.37 Å². The van der Waals surface area contributed by atoms with Crippen LogP contribution in [-0.4, -0.2) is 20.0 Å². The van der Waals surface area contributed by atoms with Crippen molar-refractivity contribution in [2.75, 3.05) is 5.73 Å². The van der Waals surface area contributed by atoms with Crippen LogP contribution in [-0.2, 0) is 0 Å².